The second kappa shape index (κ2) is 10.2. The zero-order chi connectivity index (χ0) is 23.7. The van der Waals surface area contributed by atoms with Gasteiger partial charge in [0.1, 0.15) is 6.61 Å². The summed E-state index contributed by atoms with van der Waals surface area (Å²) in [6.07, 6.45) is 5.17. The van der Waals surface area contributed by atoms with Gasteiger partial charge in [0.2, 0.25) is 5.91 Å². The quantitative estimate of drug-likeness (QED) is 0.515. The van der Waals surface area contributed by atoms with Gasteiger partial charge in [0.15, 0.2) is 22.5 Å². The van der Waals surface area contributed by atoms with Gasteiger partial charge >= 0.3 is 0 Å². The minimum atomic E-state index is -0.394. The van der Waals surface area contributed by atoms with E-state index in [1.54, 1.807) is 18.2 Å². The summed E-state index contributed by atoms with van der Waals surface area (Å²) in [5.74, 6) is 2.69. The van der Waals surface area contributed by atoms with E-state index in [1.165, 1.54) is 43.5 Å². The van der Waals surface area contributed by atoms with Gasteiger partial charge in [-0.25, -0.2) is 4.39 Å². The average Bonchev–Trinajstić information content (AvgIpc) is 3.59. The van der Waals surface area contributed by atoms with Crippen LogP contribution in [-0.4, -0.2) is 57.1 Å². The van der Waals surface area contributed by atoms with E-state index in [0.29, 0.717) is 38.0 Å². The van der Waals surface area contributed by atoms with E-state index in [2.05, 4.69) is 21.7 Å². The molecule has 2 saturated carbocycles. The number of carbonyl (C=O) groups is 1. The molecule has 1 aliphatic heterocycles. The van der Waals surface area contributed by atoms with Crippen molar-refractivity contribution in [3.05, 3.63) is 35.9 Å². The third-order valence-electron chi connectivity index (χ3n) is 7.70. The monoisotopic (exact) mass is 488 g/mol. The molecule has 3 aliphatic rings. The van der Waals surface area contributed by atoms with Crippen molar-refractivity contribution in [3.8, 4) is 5.75 Å². The van der Waals surface area contributed by atoms with Crippen LogP contribution in [0.5, 0.6) is 5.75 Å². The van der Waals surface area contributed by atoms with Crippen molar-refractivity contribution in [1.82, 2.24) is 19.7 Å². The molecule has 9 heteroatoms. The summed E-state index contributed by atoms with van der Waals surface area (Å²) in [6, 6.07) is 6.59. The van der Waals surface area contributed by atoms with E-state index in [9.17, 15) is 9.18 Å². The number of aromatic nitrogens is 3. The van der Waals surface area contributed by atoms with Gasteiger partial charge in [-0.1, -0.05) is 30.3 Å². The van der Waals surface area contributed by atoms with Crippen LogP contribution in [0.1, 0.15) is 51.4 Å². The minimum absolute atomic E-state index is 0.0968. The van der Waals surface area contributed by atoms with Crippen LogP contribution < -0.4 is 4.74 Å². The van der Waals surface area contributed by atoms with Crippen LogP contribution in [0.4, 0.5) is 4.39 Å². The molecule has 1 aromatic carbocycles. The van der Waals surface area contributed by atoms with Crippen LogP contribution in [0, 0.1) is 23.6 Å². The zero-order valence-corrected chi connectivity index (χ0v) is 20.7. The maximum Gasteiger partial charge on any atom is 0.236 e. The SMILES string of the molecule is C[C@H](Sc1nnc(COc2ccccc2F)n1[C@H](C)[C@H]1C[C@@H]2CC[C@@H]1C2)C(=O)N1CCOCC1. The molecular weight excluding hydrogens is 455 g/mol. The van der Waals surface area contributed by atoms with E-state index in [1.807, 2.05) is 11.8 Å². The van der Waals surface area contributed by atoms with Crippen molar-refractivity contribution in [2.45, 2.75) is 62.6 Å². The molecule has 1 amide bonds. The Morgan fingerprint density at radius 3 is 2.71 bits per heavy atom. The standard InChI is InChI=1S/C25H33FN4O3S/c1-16(20-14-18-7-8-19(20)13-18)30-23(15-33-22-6-4-3-5-21(22)26)27-28-25(30)34-17(2)24(31)29-9-11-32-12-10-29/h3-6,16-20H,7-15H2,1-2H3/t16-,17+,18-,19-,20-/m1/s1. The lowest BCUT2D eigenvalue weighted by Crippen LogP contribution is -2.44. The molecule has 0 unspecified atom stereocenters. The molecule has 184 valence electrons. The Morgan fingerprint density at radius 2 is 2.00 bits per heavy atom. The van der Waals surface area contributed by atoms with Gasteiger partial charge in [0.05, 0.1) is 18.5 Å². The molecule has 0 spiro atoms. The molecular formula is C25H33FN4O3S. The fourth-order valence-electron chi connectivity index (χ4n) is 5.92. The summed E-state index contributed by atoms with van der Waals surface area (Å²) in [6.45, 7) is 6.71. The lowest BCUT2D eigenvalue weighted by Gasteiger charge is -2.31. The predicted molar refractivity (Wildman–Crippen MR) is 127 cm³/mol. The van der Waals surface area contributed by atoms with E-state index in [0.717, 1.165) is 17.0 Å². The van der Waals surface area contributed by atoms with Gasteiger partial charge in [0.25, 0.3) is 0 Å². The summed E-state index contributed by atoms with van der Waals surface area (Å²) >= 11 is 1.45. The molecule has 1 saturated heterocycles. The molecule has 2 aromatic rings. The van der Waals surface area contributed by atoms with Gasteiger partial charge in [0, 0.05) is 19.1 Å². The van der Waals surface area contributed by atoms with Gasteiger partial charge in [-0.05, 0) is 63.0 Å². The summed E-state index contributed by atoms with van der Waals surface area (Å²) in [7, 11) is 0. The van der Waals surface area contributed by atoms with E-state index in [4.69, 9.17) is 9.47 Å². The highest BCUT2D eigenvalue weighted by atomic mass is 32.2. The third kappa shape index (κ3) is 4.82. The highest BCUT2D eigenvalue weighted by Crippen LogP contribution is 2.52. The third-order valence-corrected chi connectivity index (χ3v) is 8.75. The largest absolute Gasteiger partial charge is 0.483 e. The minimum Gasteiger partial charge on any atom is -0.483 e. The van der Waals surface area contributed by atoms with Gasteiger partial charge in [-0.2, -0.15) is 0 Å². The number of benzene rings is 1. The molecule has 3 fully saturated rings. The lowest BCUT2D eigenvalue weighted by molar-refractivity contribution is -0.134. The fraction of sp³-hybridized carbons (Fsp3) is 0.640. The van der Waals surface area contributed by atoms with Crippen LogP contribution in [0.2, 0.25) is 0 Å². The van der Waals surface area contributed by atoms with Crippen molar-refractivity contribution in [2.24, 2.45) is 17.8 Å². The Kier molecular flexibility index (Phi) is 7.11. The number of amides is 1. The van der Waals surface area contributed by atoms with Gasteiger partial charge in [-0.3, -0.25) is 9.36 Å². The number of halogens is 1. The molecule has 2 heterocycles. The number of ether oxygens (including phenoxy) is 2. The molecule has 1 aromatic heterocycles. The molecule has 0 radical (unpaired) electrons. The van der Waals surface area contributed by atoms with Crippen LogP contribution in [-0.2, 0) is 16.1 Å². The molecule has 2 bridgehead atoms. The topological polar surface area (TPSA) is 69.5 Å². The summed E-state index contributed by atoms with van der Waals surface area (Å²) in [4.78, 5) is 14.9. The second-order valence-electron chi connectivity index (χ2n) is 9.76. The Bertz CT molecular complexity index is 1010. The molecule has 5 rings (SSSR count). The molecule has 2 aliphatic carbocycles. The smallest absolute Gasteiger partial charge is 0.236 e. The maximum absolute atomic E-state index is 14.1. The fourth-order valence-corrected chi connectivity index (χ4v) is 6.96. The normalized spacial score (nSPS) is 26.0. The summed E-state index contributed by atoms with van der Waals surface area (Å²) in [5, 5.41) is 9.37. The highest BCUT2D eigenvalue weighted by molar-refractivity contribution is 8.00. The zero-order valence-electron chi connectivity index (χ0n) is 19.9. The van der Waals surface area contributed by atoms with Crippen molar-refractivity contribution >= 4 is 17.7 Å². The molecule has 7 nitrogen and oxygen atoms in total. The van der Waals surface area contributed by atoms with E-state index in [-0.39, 0.29) is 29.6 Å². The Hall–Kier alpha value is -2.13. The number of morpholine rings is 1. The number of carbonyl (C=O) groups excluding carboxylic acids is 1. The molecule has 34 heavy (non-hydrogen) atoms. The summed E-state index contributed by atoms with van der Waals surface area (Å²) in [5.41, 5.74) is 0. The first-order valence-corrected chi connectivity index (χ1v) is 13.2. The first-order chi connectivity index (χ1) is 16.5. The number of hydrogen-bond donors (Lipinski definition) is 0. The number of hydrogen-bond acceptors (Lipinski definition) is 6. The number of para-hydroxylation sites is 1. The maximum atomic E-state index is 14.1. The Morgan fingerprint density at radius 1 is 1.21 bits per heavy atom. The Balaban J connectivity index is 1.36. The van der Waals surface area contributed by atoms with Crippen molar-refractivity contribution < 1.29 is 18.7 Å². The molecule has 0 N–H and O–H groups in total. The number of fused-ring (bicyclic) bond motifs is 2. The van der Waals surface area contributed by atoms with Crippen LogP contribution in [0.3, 0.4) is 0 Å². The van der Waals surface area contributed by atoms with E-state index >= 15 is 0 Å². The number of thioether (sulfide) groups is 1. The first-order valence-electron chi connectivity index (χ1n) is 12.4. The first kappa shape index (κ1) is 23.6. The van der Waals surface area contributed by atoms with Crippen LogP contribution >= 0.6 is 11.8 Å². The van der Waals surface area contributed by atoms with Crippen LogP contribution in [0.25, 0.3) is 0 Å². The Labute approximate surface area is 204 Å². The lowest BCUT2D eigenvalue weighted by atomic mass is 9.84. The van der Waals surface area contributed by atoms with Crippen molar-refractivity contribution in [3.63, 3.8) is 0 Å². The van der Waals surface area contributed by atoms with Crippen LogP contribution in [0.15, 0.2) is 29.4 Å². The van der Waals surface area contributed by atoms with E-state index < -0.39 is 5.82 Å². The number of nitrogens with zero attached hydrogens (tertiary/aromatic N) is 4. The highest BCUT2D eigenvalue weighted by Gasteiger charge is 2.43. The van der Waals surface area contributed by atoms with Crippen molar-refractivity contribution in [2.75, 3.05) is 26.3 Å². The van der Waals surface area contributed by atoms with Gasteiger partial charge in [-0.15, -0.1) is 10.2 Å². The number of rotatable bonds is 8. The van der Waals surface area contributed by atoms with Gasteiger partial charge < -0.3 is 14.4 Å². The summed E-state index contributed by atoms with van der Waals surface area (Å²) < 4.78 is 27.5. The van der Waals surface area contributed by atoms with Crippen molar-refractivity contribution in [1.29, 1.82) is 0 Å². The average molecular weight is 489 g/mol. The molecule has 5 atom stereocenters. The second-order valence-corrected chi connectivity index (χ2v) is 11.1. The predicted octanol–water partition coefficient (Wildman–Crippen LogP) is 4.33.